The lowest BCUT2D eigenvalue weighted by atomic mass is 10.9. The molecule has 0 aromatic heterocycles. The highest BCUT2D eigenvalue weighted by Gasteiger charge is 1.58. The van der Waals surface area contributed by atoms with Crippen LogP contribution in [0.5, 0.6) is 0 Å². The highest BCUT2D eigenvalue weighted by molar-refractivity contribution is 7.30. The van der Waals surface area contributed by atoms with Crippen LogP contribution in [-0.4, -0.2) is 12.9 Å². The van der Waals surface area contributed by atoms with E-state index in [1.54, 1.807) is 0 Å². The second-order valence-corrected chi connectivity index (χ2v) is 1.06. The van der Waals surface area contributed by atoms with Crippen molar-refractivity contribution < 1.29 is 4.52 Å². The Morgan fingerprint density at radius 3 is 2.60 bits per heavy atom. The van der Waals surface area contributed by atoms with Crippen molar-refractivity contribution in [3.05, 3.63) is 0 Å². The summed E-state index contributed by atoms with van der Waals surface area (Å²) in [4.78, 5) is 0. The molecule has 0 atom stereocenters. The molecule has 0 fully saturated rings. The second-order valence-electron chi connectivity index (χ2n) is 0.547. The summed E-state index contributed by atoms with van der Waals surface area (Å²) in [5.74, 6) is 0. The normalized spacial score (nSPS) is 9.00. The van der Waals surface area contributed by atoms with Gasteiger partial charge in [0.2, 0.25) is 0 Å². The molecule has 0 amide bonds. The second kappa shape index (κ2) is 4.13. The molecule has 5 heavy (non-hydrogen) atoms. The minimum Gasteiger partial charge on any atom is -0.327 e. The van der Waals surface area contributed by atoms with E-state index in [4.69, 9.17) is 4.52 Å². The molecule has 0 unspecified atom stereocenters. The van der Waals surface area contributed by atoms with Gasteiger partial charge in [0.1, 0.15) is 0 Å². The predicted octanol–water partition coefficient (Wildman–Crippen LogP) is 1.32. The molecule has 0 aromatic rings. The molecule has 0 radical (unpaired) electrons. The number of hydrogen-bond acceptors (Lipinski definition) is 1. The average molecular weight is 90.1 g/mol. The molecule has 0 rings (SSSR count). The molecular formula is C3H7OP. The number of hydrogen-bond donors (Lipinski definition) is 0. The van der Waals surface area contributed by atoms with Gasteiger partial charge < -0.3 is 4.52 Å². The lowest BCUT2D eigenvalue weighted by molar-refractivity contribution is 0.398. The first-order valence-electron chi connectivity index (χ1n) is 1.49. The Balaban J connectivity index is 2.40. The zero-order valence-corrected chi connectivity index (χ0v) is 4.16. The first-order chi connectivity index (χ1) is 2.41. The highest BCUT2D eigenvalue weighted by atomic mass is 31.1. The fourth-order valence-electron chi connectivity index (χ4n) is 0.0913. The van der Waals surface area contributed by atoms with Crippen LogP contribution in [-0.2, 0) is 4.52 Å². The Labute approximate surface area is 33.8 Å². The van der Waals surface area contributed by atoms with E-state index in [0.29, 0.717) is 0 Å². The fraction of sp³-hybridized carbons (Fsp3) is 0.667. The fourth-order valence-corrected chi connectivity index (χ4v) is 0.274. The molecule has 0 saturated heterocycles. The van der Waals surface area contributed by atoms with Crippen molar-refractivity contribution in [3.8, 4) is 0 Å². The maximum atomic E-state index is 4.69. The van der Waals surface area contributed by atoms with Gasteiger partial charge in [0.05, 0.1) is 6.61 Å². The molecule has 0 saturated carbocycles. The third-order valence-electron chi connectivity index (χ3n) is 0.220. The maximum absolute atomic E-state index is 4.69. The molecule has 0 spiro atoms. The summed E-state index contributed by atoms with van der Waals surface area (Å²) in [6.07, 6.45) is 3.43. The van der Waals surface area contributed by atoms with Crippen LogP contribution in [0, 0.1) is 0 Å². The van der Waals surface area contributed by atoms with Gasteiger partial charge >= 0.3 is 0 Å². The van der Waals surface area contributed by atoms with E-state index in [9.17, 15) is 0 Å². The Morgan fingerprint density at radius 1 is 2.00 bits per heavy atom. The van der Waals surface area contributed by atoms with Crippen LogP contribution in [0.3, 0.4) is 0 Å². The molecule has 0 aliphatic heterocycles. The highest BCUT2D eigenvalue weighted by Crippen LogP contribution is 1.88. The summed E-state index contributed by atoms with van der Waals surface area (Å²) < 4.78 is 4.69. The molecule has 0 N–H and O–H groups in total. The lowest BCUT2D eigenvalue weighted by Crippen LogP contribution is -1.65. The quantitative estimate of drug-likeness (QED) is 0.464. The van der Waals surface area contributed by atoms with Gasteiger partial charge in [0.25, 0.3) is 0 Å². The molecule has 30 valence electrons. The molecule has 1 nitrogen and oxygen atoms in total. The Morgan fingerprint density at radius 2 is 2.60 bits per heavy atom. The van der Waals surface area contributed by atoms with Gasteiger partial charge in [-0.1, -0.05) is 0 Å². The summed E-state index contributed by atoms with van der Waals surface area (Å²) in [5.41, 5.74) is 0. The summed E-state index contributed by atoms with van der Waals surface area (Å²) in [6, 6.07) is 0. The lowest BCUT2D eigenvalue weighted by Gasteiger charge is -1.78. The third-order valence-corrected chi connectivity index (χ3v) is 0.661. The van der Waals surface area contributed by atoms with Gasteiger partial charge in [-0.05, 0) is 13.2 Å². The van der Waals surface area contributed by atoms with E-state index in [2.05, 4.69) is 6.30 Å². The van der Waals surface area contributed by atoms with Gasteiger partial charge in [0.15, 0.2) is 0 Å². The SMILES string of the molecule is C=POCC. The standard InChI is InChI=1S/C3H7OP/c1-3-4-5-2/h2-3H2,1H3. The van der Waals surface area contributed by atoms with E-state index in [1.807, 2.05) is 6.92 Å². The largest absolute Gasteiger partial charge is 0.327 e. The van der Waals surface area contributed by atoms with Crippen LogP contribution >= 0.6 is 8.43 Å². The van der Waals surface area contributed by atoms with Crippen molar-refractivity contribution in [2.75, 3.05) is 6.61 Å². The minimum absolute atomic E-state index is 0.769. The zero-order chi connectivity index (χ0) is 4.12. The van der Waals surface area contributed by atoms with Gasteiger partial charge in [0, 0.05) is 8.43 Å². The van der Waals surface area contributed by atoms with Crippen LogP contribution in [0.1, 0.15) is 6.92 Å². The van der Waals surface area contributed by atoms with E-state index in [-0.39, 0.29) is 0 Å². The van der Waals surface area contributed by atoms with Crippen molar-refractivity contribution in [1.29, 1.82) is 0 Å². The first-order valence-corrected chi connectivity index (χ1v) is 2.49. The molecule has 0 aromatic carbocycles. The maximum Gasteiger partial charge on any atom is 0.0546 e. The van der Waals surface area contributed by atoms with E-state index >= 15 is 0 Å². The monoisotopic (exact) mass is 90.0 g/mol. The van der Waals surface area contributed by atoms with E-state index in [0.717, 1.165) is 15.0 Å². The summed E-state index contributed by atoms with van der Waals surface area (Å²) >= 11 is 0. The molecule has 0 bridgehead atoms. The topological polar surface area (TPSA) is 9.23 Å². The summed E-state index contributed by atoms with van der Waals surface area (Å²) in [5, 5.41) is 0. The Bertz CT molecular complexity index is 28.1. The summed E-state index contributed by atoms with van der Waals surface area (Å²) in [6.45, 7) is 2.71. The van der Waals surface area contributed by atoms with Crippen LogP contribution in [0.25, 0.3) is 0 Å². The van der Waals surface area contributed by atoms with Gasteiger partial charge in [-0.15, -0.1) is 0 Å². The molecule has 0 aliphatic carbocycles. The van der Waals surface area contributed by atoms with E-state index < -0.39 is 0 Å². The van der Waals surface area contributed by atoms with Crippen molar-refractivity contribution in [1.82, 2.24) is 0 Å². The molecular weight excluding hydrogens is 83.0 g/mol. The van der Waals surface area contributed by atoms with Crippen LogP contribution in [0.2, 0.25) is 0 Å². The zero-order valence-electron chi connectivity index (χ0n) is 3.27. The van der Waals surface area contributed by atoms with Crippen molar-refractivity contribution in [3.63, 3.8) is 0 Å². The van der Waals surface area contributed by atoms with Crippen LogP contribution < -0.4 is 0 Å². The molecule has 0 heterocycles. The Hall–Kier alpha value is 0.130. The van der Waals surface area contributed by atoms with Gasteiger partial charge in [-0.25, -0.2) is 0 Å². The average Bonchev–Trinajstić information content (AvgIpc) is 1.41. The van der Waals surface area contributed by atoms with Crippen LogP contribution in [0.15, 0.2) is 0 Å². The van der Waals surface area contributed by atoms with Crippen molar-refractivity contribution >= 4 is 14.7 Å². The summed E-state index contributed by atoms with van der Waals surface area (Å²) in [7, 11) is 0.780. The molecule has 0 aliphatic rings. The molecule has 2 heteroatoms. The third kappa shape index (κ3) is 4.13. The smallest absolute Gasteiger partial charge is 0.0546 e. The predicted molar refractivity (Wildman–Crippen MR) is 25.7 cm³/mol. The minimum atomic E-state index is 0.769. The van der Waals surface area contributed by atoms with Crippen molar-refractivity contribution in [2.24, 2.45) is 0 Å². The number of rotatable bonds is 2. The first kappa shape index (κ1) is 5.13. The van der Waals surface area contributed by atoms with E-state index in [1.165, 1.54) is 0 Å². The van der Waals surface area contributed by atoms with Gasteiger partial charge in [-0.2, -0.15) is 0 Å². The Kier molecular flexibility index (Phi) is 4.24. The van der Waals surface area contributed by atoms with Gasteiger partial charge in [-0.3, -0.25) is 0 Å². The van der Waals surface area contributed by atoms with Crippen molar-refractivity contribution in [2.45, 2.75) is 6.92 Å². The van der Waals surface area contributed by atoms with Crippen LogP contribution in [0.4, 0.5) is 0 Å².